The summed E-state index contributed by atoms with van der Waals surface area (Å²) in [6.45, 7) is 8.36. The Hall–Kier alpha value is -6.12. The van der Waals surface area contributed by atoms with Crippen molar-refractivity contribution in [3.8, 4) is 5.69 Å². The van der Waals surface area contributed by atoms with E-state index in [1.54, 1.807) is 5.57 Å². The van der Waals surface area contributed by atoms with E-state index in [0.717, 1.165) is 43.3 Å². The van der Waals surface area contributed by atoms with Crippen molar-refractivity contribution in [3.63, 3.8) is 0 Å². The van der Waals surface area contributed by atoms with E-state index in [1.807, 2.05) is 12.2 Å². The lowest BCUT2D eigenvalue weighted by atomic mass is 9.54. The molecule has 5 aromatic rings. The predicted molar refractivity (Wildman–Crippen MR) is 217 cm³/mol. The maximum absolute atomic E-state index is 4.18. The van der Waals surface area contributed by atoms with Crippen molar-refractivity contribution >= 4 is 21.8 Å². The number of aromatic nitrogens is 1. The van der Waals surface area contributed by atoms with Crippen LogP contribution in [0.4, 0.5) is 0 Å². The average Bonchev–Trinajstić information content (AvgIpc) is 3.75. The molecule has 0 N–H and O–H groups in total. The molecule has 4 aliphatic carbocycles. The van der Waals surface area contributed by atoms with Gasteiger partial charge in [0.2, 0.25) is 0 Å². The molecule has 1 unspecified atom stereocenters. The Bertz CT molecular complexity index is 2550. The number of hydrogen-bond donors (Lipinski definition) is 0. The van der Waals surface area contributed by atoms with Crippen LogP contribution in [0.25, 0.3) is 27.5 Å². The SMILES string of the molecule is C=C1/C=C\C=C/N(C2=CC3=C(C2)CC2=C(CCC=C2)C32c3ccccc3Cc3c(-n4c5ccccc5c5ccccc54)cccc32)/C=C\C=C/C1=C. The summed E-state index contributed by atoms with van der Waals surface area (Å²) in [5.41, 5.74) is 18.3. The van der Waals surface area contributed by atoms with Crippen molar-refractivity contribution < 1.29 is 0 Å². The fourth-order valence-corrected chi connectivity index (χ4v) is 9.61. The van der Waals surface area contributed by atoms with Crippen molar-refractivity contribution in [2.75, 3.05) is 0 Å². The van der Waals surface area contributed by atoms with Crippen LogP contribution in [0.15, 0.2) is 210 Å². The van der Waals surface area contributed by atoms with Gasteiger partial charge in [0.15, 0.2) is 0 Å². The molecule has 0 saturated carbocycles. The second kappa shape index (κ2) is 12.0. The van der Waals surface area contributed by atoms with Crippen LogP contribution in [-0.4, -0.2) is 9.47 Å². The molecule has 5 aliphatic rings. The van der Waals surface area contributed by atoms with Crippen LogP contribution in [0.3, 0.4) is 0 Å². The molecule has 52 heavy (non-hydrogen) atoms. The average molecular weight is 669 g/mol. The lowest BCUT2D eigenvalue weighted by Gasteiger charge is -2.48. The molecule has 250 valence electrons. The molecule has 1 aromatic heterocycles. The van der Waals surface area contributed by atoms with Gasteiger partial charge in [-0.25, -0.2) is 0 Å². The molecule has 1 atom stereocenters. The molecule has 0 amide bonds. The fourth-order valence-electron chi connectivity index (χ4n) is 9.61. The van der Waals surface area contributed by atoms with E-state index in [0.29, 0.717) is 0 Å². The van der Waals surface area contributed by atoms with Gasteiger partial charge in [-0.2, -0.15) is 0 Å². The van der Waals surface area contributed by atoms with E-state index in [9.17, 15) is 0 Å². The van der Waals surface area contributed by atoms with Gasteiger partial charge >= 0.3 is 0 Å². The first kappa shape index (κ1) is 30.7. The first-order valence-electron chi connectivity index (χ1n) is 18.5. The van der Waals surface area contributed by atoms with Crippen molar-refractivity contribution in [1.29, 1.82) is 0 Å². The summed E-state index contributed by atoms with van der Waals surface area (Å²) >= 11 is 0. The van der Waals surface area contributed by atoms with Gasteiger partial charge in [-0.3, -0.25) is 0 Å². The zero-order valence-corrected chi connectivity index (χ0v) is 29.4. The van der Waals surface area contributed by atoms with E-state index in [4.69, 9.17) is 0 Å². The maximum atomic E-state index is 4.18. The van der Waals surface area contributed by atoms with Crippen LogP contribution >= 0.6 is 0 Å². The van der Waals surface area contributed by atoms with Crippen LogP contribution < -0.4 is 0 Å². The highest BCUT2D eigenvalue weighted by Gasteiger charge is 2.51. The standard InChI is InChI=1S/C50H40N2/c1-34-16-11-13-28-51(29-14-12-17-35(34)2)39-31-38-30-36-18-3-7-22-43(36)50(46(38)33-39)44-23-8-4-19-37(44)32-42-45(50)24-15-27-49(42)52-47-25-9-5-20-40(47)41-21-6-10-26-48(41)52/h3-6,8-21,23-29,33H,1-2,7,22,30-32H2/b16-11-,17-12-,28-13-,29-14-. The molecule has 2 heterocycles. The molecule has 0 bridgehead atoms. The second-order valence-electron chi connectivity index (χ2n) is 14.6. The molecular weight excluding hydrogens is 629 g/mol. The number of hydrogen-bond acceptors (Lipinski definition) is 1. The van der Waals surface area contributed by atoms with Crippen LogP contribution in [-0.2, 0) is 11.8 Å². The minimum absolute atomic E-state index is 0.369. The molecule has 1 spiro atoms. The second-order valence-corrected chi connectivity index (χ2v) is 14.6. The third-order valence-electron chi connectivity index (χ3n) is 11.8. The lowest BCUT2D eigenvalue weighted by molar-refractivity contribution is 0.607. The Labute approximate surface area is 306 Å². The Morgan fingerprint density at radius 3 is 2.04 bits per heavy atom. The van der Waals surface area contributed by atoms with Gasteiger partial charge in [-0.05, 0) is 106 Å². The summed E-state index contributed by atoms with van der Waals surface area (Å²) in [4.78, 5) is 2.30. The van der Waals surface area contributed by atoms with Crippen molar-refractivity contribution in [2.24, 2.45) is 0 Å². The van der Waals surface area contributed by atoms with E-state index < -0.39 is 0 Å². The summed E-state index contributed by atoms with van der Waals surface area (Å²) in [5.74, 6) is 0. The summed E-state index contributed by atoms with van der Waals surface area (Å²) in [6.07, 6.45) is 29.1. The zero-order chi connectivity index (χ0) is 34.8. The van der Waals surface area contributed by atoms with Crippen LogP contribution in [0.2, 0.25) is 0 Å². The smallest absolute Gasteiger partial charge is 0.0674 e. The van der Waals surface area contributed by atoms with Gasteiger partial charge in [-0.1, -0.05) is 128 Å². The van der Waals surface area contributed by atoms with Gasteiger partial charge < -0.3 is 9.47 Å². The Kier molecular flexibility index (Phi) is 7.08. The molecule has 2 heteroatoms. The van der Waals surface area contributed by atoms with Gasteiger partial charge in [0.05, 0.1) is 22.1 Å². The topological polar surface area (TPSA) is 8.17 Å². The summed E-state index contributed by atoms with van der Waals surface area (Å²) in [6, 6.07) is 34.2. The largest absolute Gasteiger partial charge is 0.327 e. The van der Waals surface area contributed by atoms with E-state index >= 15 is 0 Å². The Balaban J connectivity index is 1.23. The van der Waals surface area contributed by atoms with Gasteiger partial charge in [0.25, 0.3) is 0 Å². The lowest BCUT2D eigenvalue weighted by Crippen LogP contribution is -2.40. The summed E-state index contributed by atoms with van der Waals surface area (Å²) in [5, 5.41) is 2.59. The highest BCUT2D eigenvalue weighted by atomic mass is 15.1. The van der Waals surface area contributed by atoms with Gasteiger partial charge in [0, 0.05) is 41.7 Å². The van der Waals surface area contributed by atoms with E-state index in [1.165, 1.54) is 72.2 Å². The predicted octanol–water partition coefficient (Wildman–Crippen LogP) is 12.2. The molecule has 2 nitrogen and oxygen atoms in total. The molecular formula is C50H40N2. The third-order valence-corrected chi connectivity index (χ3v) is 11.8. The summed E-state index contributed by atoms with van der Waals surface area (Å²) < 4.78 is 2.53. The number of fused-ring (bicyclic) bond motifs is 9. The normalized spacial score (nSPS) is 23.2. The highest BCUT2D eigenvalue weighted by Crippen LogP contribution is 2.61. The number of rotatable bonds is 2. The highest BCUT2D eigenvalue weighted by molar-refractivity contribution is 6.09. The zero-order valence-electron chi connectivity index (χ0n) is 29.4. The van der Waals surface area contributed by atoms with E-state index in [-0.39, 0.29) is 5.41 Å². The molecule has 1 aliphatic heterocycles. The van der Waals surface area contributed by atoms with Crippen LogP contribution in [0.1, 0.15) is 47.9 Å². The van der Waals surface area contributed by atoms with Gasteiger partial charge in [0.1, 0.15) is 0 Å². The monoisotopic (exact) mass is 668 g/mol. The number of benzene rings is 4. The van der Waals surface area contributed by atoms with Crippen LogP contribution in [0, 0.1) is 0 Å². The molecule has 4 aromatic carbocycles. The summed E-state index contributed by atoms with van der Waals surface area (Å²) in [7, 11) is 0. The minimum Gasteiger partial charge on any atom is -0.327 e. The molecule has 0 fully saturated rings. The number of para-hydroxylation sites is 2. The minimum atomic E-state index is -0.369. The maximum Gasteiger partial charge on any atom is 0.0674 e. The van der Waals surface area contributed by atoms with Crippen molar-refractivity contribution in [3.05, 3.63) is 233 Å². The van der Waals surface area contributed by atoms with E-state index in [2.05, 4.69) is 169 Å². The fraction of sp³-hybridized carbons (Fsp3) is 0.120. The van der Waals surface area contributed by atoms with Gasteiger partial charge in [-0.15, -0.1) is 0 Å². The molecule has 10 rings (SSSR count). The van der Waals surface area contributed by atoms with Crippen LogP contribution in [0.5, 0.6) is 0 Å². The first-order chi connectivity index (χ1) is 25.6. The number of nitrogens with zero attached hydrogens (tertiary/aromatic N) is 2. The van der Waals surface area contributed by atoms with Crippen molar-refractivity contribution in [2.45, 2.75) is 37.5 Å². The first-order valence-corrected chi connectivity index (χ1v) is 18.5. The van der Waals surface area contributed by atoms with Crippen molar-refractivity contribution in [1.82, 2.24) is 9.47 Å². The number of allylic oxidation sites excluding steroid dienone is 15. The quantitative estimate of drug-likeness (QED) is 0.182. The Morgan fingerprint density at radius 1 is 0.615 bits per heavy atom. The third kappa shape index (κ3) is 4.50. The Morgan fingerprint density at radius 2 is 1.29 bits per heavy atom. The molecule has 0 saturated heterocycles. The molecule has 0 radical (unpaired) electrons.